The molecule has 2 saturated carbocycles. The minimum atomic E-state index is -1.74. The molecule has 2 aliphatic rings. The van der Waals surface area contributed by atoms with Crippen LogP contribution in [0.5, 0.6) is 5.75 Å². The Balaban J connectivity index is 1.09. The lowest BCUT2D eigenvalue weighted by Crippen LogP contribution is -2.50. The van der Waals surface area contributed by atoms with E-state index in [1.54, 1.807) is 0 Å². The van der Waals surface area contributed by atoms with Gasteiger partial charge in [-0.1, -0.05) is 55.3 Å². The standard InChI is InChI=1S/C37H49ClN4O7/c1-23(6-4-5-16-40-36(48)41-21-31(44)34(46)35(47)32(45)22-43)24-9-12-30(38)25(18-24)19-42-37(14-15-37)29-20-39-17-13-27(29)28-7-2-3-8-33(28)49-26-10-11-26/h2-3,7-9,12-13,17-18,20,23,26,31-32,34-35,42-47H,4-6,10-11,14-16,19,21-22H2,1H3,(H2,40,41,48)/t23-,31+,32-,34-,35-/m1/s1. The van der Waals surface area contributed by atoms with Gasteiger partial charge in [-0.05, 0) is 84.9 Å². The summed E-state index contributed by atoms with van der Waals surface area (Å²) in [7, 11) is 0. The van der Waals surface area contributed by atoms with Gasteiger partial charge in [0.2, 0.25) is 0 Å². The Morgan fingerprint density at radius 1 is 1.00 bits per heavy atom. The zero-order chi connectivity index (χ0) is 35.0. The smallest absolute Gasteiger partial charge is 0.314 e. The first kappa shape index (κ1) is 37.0. The lowest BCUT2D eigenvalue weighted by molar-refractivity contribution is -0.113. The Morgan fingerprint density at radius 3 is 2.49 bits per heavy atom. The number of aromatic nitrogens is 1. The number of aliphatic hydroxyl groups is 5. The molecule has 11 nitrogen and oxygen atoms in total. The molecule has 1 aromatic heterocycles. The molecule has 0 spiro atoms. The van der Waals surface area contributed by atoms with E-state index in [2.05, 4.69) is 64.3 Å². The number of carbonyl (C=O) groups is 1. The van der Waals surface area contributed by atoms with Crippen LogP contribution in [0, 0.1) is 0 Å². The summed E-state index contributed by atoms with van der Waals surface area (Å²) >= 11 is 6.69. The minimum absolute atomic E-state index is 0.178. The lowest BCUT2D eigenvalue weighted by atomic mass is 9.93. The van der Waals surface area contributed by atoms with Crippen LogP contribution >= 0.6 is 11.6 Å². The molecule has 8 N–H and O–H groups in total. The maximum Gasteiger partial charge on any atom is 0.314 e. The Labute approximate surface area is 292 Å². The van der Waals surface area contributed by atoms with Crippen LogP contribution in [-0.4, -0.2) is 86.8 Å². The number of unbranched alkanes of at least 4 members (excludes halogenated alkanes) is 1. The molecule has 0 saturated heterocycles. The van der Waals surface area contributed by atoms with Gasteiger partial charge in [0.05, 0.1) is 18.8 Å². The molecule has 0 aliphatic heterocycles. The number of nitrogens with one attached hydrogen (secondary N) is 3. The van der Waals surface area contributed by atoms with E-state index in [1.807, 2.05) is 24.5 Å². The van der Waals surface area contributed by atoms with E-state index in [4.69, 9.17) is 21.4 Å². The van der Waals surface area contributed by atoms with Gasteiger partial charge in [-0.2, -0.15) is 0 Å². The molecule has 0 radical (unpaired) electrons. The van der Waals surface area contributed by atoms with Gasteiger partial charge < -0.3 is 46.2 Å². The van der Waals surface area contributed by atoms with Crippen LogP contribution in [0.1, 0.15) is 74.5 Å². The van der Waals surface area contributed by atoms with E-state index in [9.17, 15) is 25.2 Å². The molecule has 266 valence electrons. The number of hydrogen-bond acceptors (Lipinski definition) is 9. The first-order chi connectivity index (χ1) is 23.6. The van der Waals surface area contributed by atoms with Gasteiger partial charge in [-0.3, -0.25) is 4.98 Å². The number of pyridine rings is 1. The Kier molecular flexibility index (Phi) is 12.9. The van der Waals surface area contributed by atoms with Crippen molar-refractivity contribution in [1.29, 1.82) is 0 Å². The van der Waals surface area contributed by atoms with Crippen molar-refractivity contribution in [2.45, 2.75) is 100 Å². The van der Waals surface area contributed by atoms with Gasteiger partial charge in [0.1, 0.15) is 24.1 Å². The Hall–Kier alpha value is -3.29. The van der Waals surface area contributed by atoms with Crippen molar-refractivity contribution >= 4 is 17.6 Å². The third-order valence-corrected chi connectivity index (χ3v) is 9.85. The maximum atomic E-state index is 12.1. The normalized spacial score (nSPS) is 18.2. The molecule has 2 aliphatic carbocycles. The summed E-state index contributed by atoms with van der Waals surface area (Å²) in [4.78, 5) is 16.6. The van der Waals surface area contributed by atoms with Crippen molar-refractivity contribution in [2.75, 3.05) is 19.7 Å². The Morgan fingerprint density at radius 2 is 1.76 bits per heavy atom. The van der Waals surface area contributed by atoms with Crippen molar-refractivity contribution in [3.63, 3.8) is 0 Å². The largest absolute Gasteiger partial charge is 0.490 e. The number of carbonyl (C=O) groups excluding carboxylic acids is 1. The third-order valence-electron chi connectivity index (χ3n) is 9.48. The number of halogens is 1. The van der Waals surface area contributed by atoms with Crippen LogP contribution < -0.4 is 20.7 Å². The number of rotatable bonds is 19. The zero-order valence-electron chi connectivity index (χ0n) is 27.9. The minimum Gasteiger partial charge on any atom is -0.490 e. The highest BCUT2D eigenvalue weighted by Gasteiger charge is 2.46. The van der Waals surface area contributed by atoms with Gasteiger partial charge in [0.15, 0.2) is 0 Å². The highest BCUT2D eigenvalue weighted by Crippen LogP contribution is 2.50. The van der Waals surface area contributed by atoms with Crippen molar-refractivity contribution < 1.29 is 35.1 Å². The molecule has 1 heterocycles. The first-order valence-electron chi connectivity index (χ1n) is 17.2. The topological polar surface area (TPSA) is 176 Å². The first-order valence-corrected chi connectivity index (χ1v) is 17.6. The van der Waals surface area contributed by atoms with E-state index >= 15 is 0 Å². The fraction of sp³-hybridized carbons (Fsp3) is 0.514. The van der Waals surface area contributed by atoms with Gasteiger partial charge in [0, 0.05) is 48.2 Å². The highest BCUT2D eigenvalue weighted by molar-refractivity contribution is 6.31. The molecule has 2 fully saturated rings. The average Bonchev–Trinajstić information content (AvgIpc) is 4.07. The van der Waals surface area contributed by atoms with Crippen molar-refractivity contribution in [3.8, 4) is 16.9 Å². The number of aliphatic hydroxyl groups excluding tert-OH is 5. The number of para-hydroxylation sites is 1. The van der Waals surface area contributed by atoms with Gasteiger partial charge >= 0.3 is 6.03 Å². The molecule has 2 amide bonds. The van der Waals surface area contributed by atoms with Gasteiger partial charge in [0.25, 0.3) is 0 Å². The predicted octanol–water partition coefficient (Wildman–Crippen LogP) is 3.73. The molecule has 5 atom stereocenters. The van der Waals surface area contributed by atoms with Crippen LogP contribution in [-0.2, 0) is 12.1 Å². The molecule has 5 rings (SSSR count). The third kappa shape index (κ3) is 9.91. The summed E-state index contributed by atoms with van der Waals surface area (Å²) in [5.41, 5.74) is 5.48. The molecule has 49 heavy (non-hydrogen) atoms. The average molecular weight is 697 g/mol. The Bertz CT molecular complexity index is 1540. The van der Waals surface area contributed by atoms with E-state index in [-0.39, 0.29) is 18.0 Å². The second-order valence-electron chi connectivity index (χ2n) is 13.4. The molecule has 2 aromatic carbocycles. The quantitative estimate of drug-likeness (QED) is 0.0869. The van der Waals surface area contributed by atoms with Crippen molar-refractivity contribution in [1.82, 2.24) is 20.9 Å². The zero-order valence-corrected chi connectivity index (χ0v) is 28.6. The fourth-order valence-electron chi connectivity index (χ4n) is 6.02. The molecule has 0 unspecified atom stereocenters. The summed E-state index contributed by atoms with van der Waals surface area (Å²) in [6.45, 7) is 2.13. The predicted molar refractivity (Wildman–Crippen MR) is 187 cm³/mol. The summed E-state index contributed by atoms with van der Waals surface area (Å²) in [6.07, 6.45) is 4.33. The number of ether oxygens (including phenoxy) is 1. The number of urea groups is 1. The number of benzene rings is 2. The molecule has 0 bridgehead atoms. The monoisotopic (exact) mass is 696 g/mol. The van der Waals surface area contributed by atoms with Gasteiger partial charge in [-0.15, -0.1) is 0 Å². The highest BCUT2D eigenvalue weighted by atomic mass is 35.5. The summed E-state index contributed by atoms with van der Waals surface area (Å²) in [6, 6.07) is 16.0. The second kappa shape index (κ2) is 17.1. The lowest BCUT2D eigenvalue weighted by Gasteiger charge is -2.25. The summed E-state index contributed by atoms with van der Waals surface area (Å²) in [5.74, 6) is 1.20. The van der Waals surface area contributed by atoms with Crippen LogP contribution in [0.3, 0.4) is 0 Å². The van der Waals surface area contributed by atoms with Crippen molar-refractivity contribution in [2.24, 2.45) is 0 Å². The number of hydrogen-bond donors (Lipinski definition) is 8. The number of amides is 2. The van der Waals surface area contributed by atoms with Crippen molar-refractivity contribution in [3.05, 3.63) is 82.6 Å². The second-order valence-corrected chi connectivity index (χ2v) is 13.8. The molecular formula is C37H49ClN4O7. The molecular weight excluding hydrogens is 648 g/mol. The number of nitrogens with zero attached hydrogens (tertiary/aromatic N) is 1. The van der Waals surface area contributed by atoms with Crippen LogP contribution in [0.25, 0.3) is 11.1 Å². The fourth-order valence-corrected chi connectivity index (χ4v) is 6.21. The van der Waals surface area contributed by atoms with Crippen LogP contribution in [0.4, 0.5) is 4.79 Å². The van der Waals surface area contributed by atoms with E-state index in [0.29, 0.717) is 19.2 Å². The summed E-state index contributed by atoms with van der Waals surface area (Å²) in [5, 5.41) is 57.5. The maximum absolute atomic E-state index is 12.1. The van der Waals surface area contributed by atoms with Crippen LogP contribution in [0.15, 0.2) is 60.9 Å². The van der Waals surface area contributed by atoms with E-state index in [1.165, 1.54) is 11.1 Å². The molecule has 3 aromatic rings. The van der Waals surface area contributed by atoms with E-state index in [0.717, 1.165) is 72.4 Å². The SMILES string of the molecule is C[C@H](CCCCNC(=O)NC[C@H](O)[C@@H](O)[C@H](O)[C@H](O)CO)c1ccc(Cl)c(CNC2(c3cnccc3-c3ccccc3OC3CC3)CC2)c1. The molecule has 12 heteroatoms. The van der Waals surface area contributed by atoms with E-state index < -0.39 is 37.1 Å². The van der Waals surface area contributed by atoms with Crippen LogP contribution in [0.2, 0.25) is 5.02 Å². The summed E-state index contributed by atoms with van der Waals surface area (Å²) < 4.78 is 6.26. The van der Waals surface area contributed by atoms with Gasteiger partial charge in [-0.25, -0.2) is 4.79 Å².